The number of amides is 2. The summed E-state index contributed by atoms with van der Waals surface area (Å²) in [6.07, 6.45) is 1.48. The molecule has 0 aliphatic carbocycles. The Morgan fingerprint density at radius 2 is 1.80 bits per heavy atom. The summed E-state index contributed by atoms with van der Waals surface area (Å²) in [5.74, 6) is -0.290. The van der Waals surface area contributed by atoms with Crippen LogP contribution < -0.4 is 4.90 Å². The predicted octanol–water partition coefficient (Wildman–Crippen LogP) is 3.25. The Labute approximate surface area is 174 Å². The van der Waals surface area contributed by atoms with E-state index in [1.165, 1.54) is 15.8 Å². The Bertz CT molecular complexity index is 1180. The maximum atomic E-state index is 13.2. The van der Waals surface area contributed by atoms with E-state index >= 15 is 0 Å². The summed E-state index contributed by atoms with van der Waals surface area (Å²) in [6, 6.07) is 19.2. The van der Waals surface area contributed by atoms with Crippen LogP contribution in [0.25, 0.3) is 10.9 Å². The van der Waals surface area contributed by atoms with E-state index in [9.17, 15) is 9.59 Å². The zero-order valence-electron chi connectivity index (χ0n) is 16.6. The van der Waals surface area contributed by atoms with Gasteiger partial charge in [0.15, 0.2) is 0 Å². The van der Waals surface area contributed by atoms with Gasteiger partial charge in [0.2, 0.25) is 5.91 Å². The summed E-state index contributed by atoms with van der Waals surface area (Å²) < 4.78 is 2.22. The Morgan fingerprint density at radius 3 is 2.60 bits per heavy atom. The van der Waals surface area contributed by atoms with Crippen LogP contribution in [0.15, 0.2) is 54.6 Å². The average molecular weight is 398 g/mol. The van der Waals surface area contributed by atoms with Crippen LogP contribution in [-0.2, 0) is 29.1 Å². The first-order valence-corrected chi connectivity index (χ1v) is 10.3. The van der Waals surface area contributed by atoms with Crippen molar-refractivity contribution in [2.75, 3.05) is 11.4 Å². The molecule has 2 aromatic carbocycles. The van der Waals surface area contributed by atoms with Crippen LogP contribution in [0.1, 0.15) is 24.1 Å². The summed E-state index contributed by atoms with van der Waals surface area (Å²) >= 11 is 0. The third-order valence-corrected chi connectivity index (χ3v) is 6.22. The Morgan fingerprint density at radius 1 is 1.03 bits per heavy atom. The summed E-state index contributed by atoms with van der Waals surface area (Å²) in [4.78, 5) is 29.3. The molecule has 150 valence electrons. The second-order valence-electron chi connectivity index (χ2n) is 7.85. The zero-order chi connectivity index (χ0) is 20.7. The van der Waals surface area contributed by atoms with Gasteiger partial charge in [0, 0.05) is 36.2 Å². The lowest BCUT2D eigenvalue weighted by Gasteiger charge is -2.32. The van der Waals surface area contributed by atoms with Crippen molar-refractivity contribution in [1.82, 2.24) is 9.47 Å². The topological polar surface area (TPSA) is 69.3 Å². The second kappa shape index (κ2) is 7.43. The number of imide groups is 1. The molecule has 1 aromatic heterocycles. The maximum absolute atomic E-state index is 13.2. The number of anilines is 1. The highest BCUT2D eigenvalue weighted by atomic mass is 16.2. The summed E-state index contributed by atoms with van der Waals surface area (Å²) in [7, 11) is 0. The minimum atomic E-state index is -0.437. The molecule has 30 heavy (non-hydrogen) atoms. The number of aromatic nitrogens is 1. The fourth-order valence-electron chi connectivity index (χ4n) is 4.85. The molecule has 1 fully saturated rings. The normalized spacial score (nSPS) is 19.3. The highest BCUT2D eigenvalue weighted by molar-refractivity contribution is 6.22. The van der Waals surface area contributed by atoms with Gasteiger partial charge < -0.3 is 4.57 Å². The van der Waals surface area contributed by atoms with E-state index in [-0.39, 0.29) is 18.2 Å². The van der Waals surface area contributed by atoms with Gasteiger partial charge in [-0.3, -0.25) is 14.5 Å². The van der Waals surface area contributed by atoms with Gasteiger partial charge in [-0.15, -0.1) is 0 Å². The van der Waals surface area contributed by atoms with Crippen LogP contribution in [0.5, 0.6) is 0 Å². The van der Waals surface area contributed by atoms with E-state index < -0.39 is 6.04 Å². The molecule has 3 aromatic rings. The molecule has 0 radical (unpaired) electrons. The molecule has 2 aliphatic rings. The van der Waals surface area contributed by atoms with Crippen molar-refractivity contribution in [3.8, 4) is 6.07 Å². The van der Waals surface area contributed by atoms with E-state index in [4.69, 9.17) is 5.26 Å². The van der Waals surface area contributed by atoms with E-state index in [0.717, 1.165) is 24.2 Å². The van der Waals surface area contributed by atoms with E-state index in [0.29, 0.717) is 25.2 Å². The standard InChI is InChI=1S/C24H22N4O2/c25-12-6-13-27-20-10-5-4-9-18(20)19-11-14-26(16-22(19)27)21-15-23(29)28(24(21)30)17-7-2-1-3-8-17/h1-5,7-10,21H,6,11,13-16H2/t21-/m0/s1. The number of para-hydroxylation sites is 2. The van der Waals surface area contributed by atoms with Gasteiger partial charge >= 0.3 is 0 Å². The molecule has 0 saturated carbocycles. The average Bonchev–Trinajstić information content (AvgIpc) is 3.26. The fourth-order valence-corrected chi connectivity index (χ4v) is 4.85. The van der Waals surface area contributed by atoms with Crippen molar-refractivity contribution in [3.05, 3.63) is 65.9 Å². The number of fused-ring (bicyclic) bond motifs is 3. The van der Waals surface area contributed by atoms with Crippen LogP contribution >= 0.6 is 0 Å². The van der Waals surface area contributed by atoms with Gasteiger partial charge in [0.1, 0.15) is 0 Å². The molecule has 6 nitrogen and oxygen atoms in total. The van der Waals surface area contributed by atoms with Gasteiger partial charge in [-0.25, -0.2) is 4.90 Å². The van der Waals surface area contributed by atoms with Crippen LogP contribution in [0.4, 0.5) is 5.69 Å². The first kappa shape index (κ1) is 18.6. The molecular weight excluding hydrogens is 376 g/mol. The van der Waals surface area contributed by atoms with Crippen LogP contribution in [0.2, 0.25) is 0 Å². The molecule has 6 heteroatoms. The number of hydrogen-bond acceptors (Lipinski definition) is 4. The fraction of sp³-hybridized carbons (Fsp3) is 0.292. The van der Waals surface area contributed by atoms with Crippen LogP contribution in [0, 0.1) is 11.3 Å². The van der Waals surface area contributed by atoms with Gasteiger partial charge in [-0.2, -0.15) is 5.26 Å². The Kier molecular flexibility index (Phi) is 4.61. The Hall–Kier alpha value is -3.43. The molecule has 3 heterocycles. The smallest absolute Gasteiger partial charge is 0.251 e. The third-order valence-electron chi connectivity index (χ3n) is 6.22. The number of hydrogen-bond donors (Lipinski definition) is 0. The minimum Gasteiger partial charge on any atom is -0.342 e. The number of benzene rings is 2. The molecule has 1 atom stereocenters. The highest BCUT2D eigenvalue weighted by Gasteiger charge is 2.43. The van der Waals surface area contributed by atoms with E-state index in [1.807, 2.05) is 30.3 Å². The molecule has 1 saturated heterocycles. The molecule has 2 amide bonds. The van der Waals surface area contributed by atoms with Gasteiger partial charge in [-0.05, 0) is 30.2 Å². The Balaban J connectivity index is 1.47. The quantitative estimate of drug-likeness (QED) is 0.633. The minimum absolute atomic E-state index is 0.144. The third kappa shape index (κ3) is 2.90. The number of aryl methyl sites for hydroxylation is 1. The van der Waals surface area contributed by atoms with Gasteiger partial charge in [0.05, 0.1) is 30.6 Å². The largest absolute Gasteiger partial charge is 0.342 e. The summed E-state index contributed by atoms with van der Waals surface area (Å²) in [5.41, 5.74) is 4.24. The lowest BCUT2D eigenvalue weighted by Crippen LogP contribution is -2.44. The maximum Gasteiger partial charge on any atom is 0.251 e. The SMILES string of the molecule is N#CCCn1c2c(c3ccccc31)CCN([C@H]1CC(=O)N(c3ccccc3)C1=O)C2. The van der Waals surface area contributed by atoms with Gasteiger partial charge in [-0.1, -0.05) is 36.4 Å². The molecular formula is C24H22N4O2. The summed E-state index contributed by atoms with van der Waals surface area (Å²) in [5, 5.41) is 10.3. The monoisotopic (exact) mass is 398 g/mol. The number of carbonyl (C=O) groups is 2. The van der Waals surface area contributed by atoms with Crippen molar-refractivity contribution in [3.63, 3.8) is 0 Å². The molecule has 0 bridgehead atoms. The molecule has 2 aliphatic heterocycles. The summed E-state index contributed by atoms with van der Waals surface area (Å²) in [6.45, 7) is 1.99. The molecule has 0 unspecified atom stereocenters. The number of nitriles is 1. The number of nitrogens with zero attached hydrogens (tertiary/aromatic N) is 4. The first-order valence-electron chi connectivity index (χ1n) is 10.3. The first-order chi connectivity index (χ1) is 14.7. The lowest BCUT2D eigenvalue weighted by atomic mass is 10.0. The number of carbonyl (C=O) groups excluding carboxylic acids is 2. The second-order valence-corrected chi connectivity index (χ2v) is 7.85. The highest BCUT2D eigenvalue weighted by Crippen LogP contribution is 2.34. The van der Waals surface area contributed by atoms with Gasteiger partial charge in [0.25, 0.3) is 5.91 Å². The van der Waals surface area contributed by atoms with Crippen molar-refractivity contribution >= 4 is 28.4 Å². The molecule has 0 spiro atoms. The van der Waals surface area contributed by atoms with E-state index in [2.05, 4.69) is 27.7 Å². The predicted molar refractivity (Wildman–Crippen MR) is 114 cm³/mol. The van der Waals surface area contributed by atoms with Crippen molar-refractivity contribution < 1.29 is 9.59 Å². The van der Waals surface area contributed by atoms with Crippen molar-refractivity contribution in [2.24, 2.45) is 0 Å². The number of rotatable bonds is 4. The zero-order valence-corrected chi connectivity index (χ0v) is 16.6. The molecule has 5 rings (SSSR count). The van der Waals surface area contributed by atoms with E-state index in [1.54, 1.807) is 12.1 Å². The lowest BCUT2D eigenvalue weighted by molar-refractivity contribution is -0.123. The van der Waals surface area contributed by atoms with Crippen molar-refractivity contribution in [1.29, 1.82) is 5.26 Å². The van der Waals surface area contributed by atoms with Crippen LogP contribution in [-0.4, -0.2) is 33.9 Å². The molecule has 0 N–H and O–H groups in total. The van der Waals surface area contributed by atoms with Crippen LogP contribution in [0.3, 0.4) is 0 Å². The van der Waals surface area contributed by atoms with Crippen molar-refractivity contribution in [2.45, 2.75) is 38.4 Å².